The molecule has 0 radical (unpaired) electrons. The second-order valence-corrected chi connectivity index (χ2v) is 3.76. The average molecular weight is 237 g/mol. The smallest absolute Gasteiger partial charge is 0.422 e. The van der Waals surface area contributed by atoms with Gasteiger partial charge in [0.1, 0.15) is 5.82 Å². The Morgan fingerprint density at radius 3 is 2.82 bits per heavy atom. The van der Waals surface area contributed by atoms with Crippen molar-refractivity contribution in [2.75, 3.05) is 13.7 Å². The molecule has 0 saturated carbocycles. The van der Waals surface area contributed by atoms with Crippen molar-refractivity contribution >= 4 is 23.6 Å². The van der Waals surface area contributed by atoms with Gasteiger partial charge in [0.25, 0.3) is 0 Å². The van der Waals surface area contributed by atoms with Crippen molar-refractivity contribution in [1.29, 1.82) is 0 Å². The molecule has 1 aromatic heterocycles. The highest BCUT2D eigenvalue weighted by Crippen LogP contribution is 2.18. The highest BCUT2D eigenvalue weighted by molar-refractivity contribution is 6.58. The maximum atomic E-state index is 13.6. The van der Waals surface area contributed by atoms with Gasteiger partial charge in [-0.25, -0.2) is 4.39 Å². The van der Waals surface area contributed by atoms with Gasteiger partial charge in [0.2, 0.25) is 0 Å². The van der Waals surface area contributed by atoms with Gasteiger partial charge in [-0.05, 0) is 18.2 Å². The van der Waals surface area contributed by atoms with Crippen molar-refractivity contribution in [3.63, 3.8) is 0 Å². The fraction of sp³-hybridized carbons (Fsp3) is 0.273. The van der Waals surface area contributed by atoms with Crippen LogP contribution in [0, 0.1) is 5.82 Å². The lowest BCUT2D eigenvalue weighted by Crippen LogP contribution is -2.36. The summed E-state index contributed by atoms with van der Waals surface area (Å²) in [4.78, 5) is 0. The number of hydrogen-bond donors (Lipinski definition) is 2. The largest absolute Gasteiger partial charge is 0.505 e. The van der Waals surface area contributed by atoms with Crippen molar-refractivity contribution in [3.05, 3.63) is 30.1 Å². The van der Waals surface area contributed by atoms with Crippen LogP contribution in [0.15, 0.2) is 24.3 Å². The van der Waals surface area contributed by atoms with Crippen LogP contribution >= 0.6 is 0 Å². The van der Waals surface area contributed by atoms with E-state index in [2.05, 4.69) is 0 Å². The Morgan fingerprint density at radius 1 is 1.41 bits per heavy atom. The zero-order valence-corrected chi connectivity index (χ0v) is 9.43. The van der Waals surface area contributed by atoms with Crippen molar-refractivity contribution in [2.24, 2.45) is 0 Å². The molecule has 0 unspecified atom stereocenters. The molecule has 0 amide bonds. The molecule has 2 N–H and O–H groups in total. The molecule has 2 rings (SSSR count). The molecule has 0 saturated heterocycles. The predicted octanol–water partition coefficient (Wildman–Crippen LogP) is 0.107. The minimum absolute atomic E-state index is 0.266. The molecule has 4 nitrogen and oxygen atoms in total. The summed E-state index contributed by atoms with van der Waals surface area (Å²) in [7, 11) is -0.0694. The predicted molar refractivity (Wildman–Crippen MR) is 63.6 cm³/mol. The molecular weight excluding hydrogens is 224 g/mol. The molecule has 90 valence electrons. The van der Waals surface area contributed by atoms with Crippen LogP contribution < -0.4 is 5.59 Å². The van der Waals surface area contributed by atoms with Crippen LogP contribution in [-0.4, -0.2) is 35.5 Å². The van der Waals surface area contributed by atoms with Gasteiger partial charge in [0.15, 0.2) is 0 Å². The van der Waals surface area contributed by atoms with Crippen LogP contribution in [0.2, 0.25) is 0 Å². The van der Waals surface area contributed by atoms with Gasteiger partial charge >= 0.3 is 7.12 Å². The standard InChI is InChI=1S/C11H13BFNO3/c1-17-6-5-14-10-4-2-3-9(13)8(10)7-11(14)12(15)16/h2-4,7,15-16H,5-6H2,1H3. The van der Waals surface area contributed by atoms with Crippen LogP contribution in [0.5, 0.6) is 0 Å². The van der Waals surface area contributed by atoms with E-state index in [1.165, 1.54) is 12.1 Å². The zero-order valence-electron chi connectivity index (χ0n) is 9.43. The van der Waals surface area contributed by atoms with Crippen LogP contribution in [0.3, 0.4) is 0 Å². The van der Waals surface area contributed by atoms with E-state index in [1.54, 1.807) is 23.8 Å². The third-order valence-corrected chi connectivity index (χ3v) is 2.71. The van der Waals surface area contributed by atoms with Crippen LogP contribution in [-0.2, 0) is 11.3 Å². The van der Waals surface area contributed by atoms with Crippen LogP contribution in [0.1, 0.15) is 0 Å². The quantitative estimate of drug-likeness (QED) is 0.742. The topological polar surface area (TPSA) is 54.6 Å². The maximum absolute atomic E-state index is 13.6. The summed E-state index contributed by atoms with van der Waals surface area (Å²) in [5, 5.41) is 18.9. The van der Waals surface area contributed by atoms with Gasteiger partial charge in [-0.15, -0.1) is 0 Å². The minimum Gasteiger partial charge on any atom is -0.422 e. The Kier molecular flexibility index (Phi) is 3.47. The van der Waals surface area contributed by atoms with E-state index in [4.69, 9.17) is 4.74 Å². The first kappa shape index (κ1) is 12.1. The first-order valence-electron chi connectivity index (χ1n) is 5.28. The first-order valence-corrected chi connectivity index (χ1v) is 5.28. The minimum atomic E-state index is -1.63. The normalized spacial score (nSPS) is 11.1. The number of rotatable bonds is 4. The molecule has 0 atom stereocenters. The lowest BCUT2D eigenvalue weighted by atomic mass is 9.86. The van der Waals surface area contributed by atoms with E-state index in [-0.39, 0.29) is 11.4 Å². The highest BCUT2D eigenvalue weighted by atomic mass is 19.1. The van der Waals surface area contributed by atoms with Gasteiger partial charge < -0.3 is 19.4 Å². The molecule has 0 fully saturated rings. The number of methoxy groups -OCH3 is 1. The third-order valence-electron chi connectivity index (χ3n) is 2.71. The van der Waals surface area contributed by atoms with Gasteiger partial charge in [-0.1, -0.05) is 6.07 Å². The summed E-state index contributed by atoms with van der Waals surface area (Å²) in [6.45, 7) is 0.858. The third kappa shape index (κ3) is 2.19. The summed E-state index contributed by atoms with van der Waals surface area (Å²) >= 11 is 0. The molecular formula is C11H13BFNO3. The second kappa shape index (κ2) is 4.87. The van der Waals surface area contributed by atoms with Crippen molar-refractivity contribution in [2.45, 2.75) is 6.54 Å². The van der Waals surface area contributed by atoms with Crippen molar-refractivity contribution in [3.8, 4) is 0 Å². The number of aromatic nitrogens is 1. The molecule has 0 aliphatic rings. The molecule has 1 heterocycles. The molecule has 0 spiro atoms. The van der Waals surface area contributed by atoms with E-state index < -0.39 is 7.12 Å². The zero-order chi connectivity index (χ0) is 12.4. The van der Waals surface area contributed by atoms with E-state index in [0.717, 1.165) is 0 Å². The lowest BCUT2D eigenvalue weighted by molar-refractivity contribution is 0.189. The number of hydrogen-bond acceptors (Lipinski definition) is 3. The Bertz CT molecular complexity index is 527. The fourth-order valence-corrected chi connectivity index (χ4v) is 1.91. The lowest BCUT2D eigenvalue weighted by Gasteiger charge is -2.09. The van der Waals surface area contributed by atoms with Crippen LogP contribution in [0.25, 0.3) is 10.9 Å². The maximum Gasteiger partial charge on any atom is 0.505 e. The van der Waals surface area contributed by atoms with Gasteiger partial charge in [-0.2, -0.15) is 0 Å². The molecule has 17 heavy (non-hydrogen) atoms. The Labute approximate surface area is 98.4 Å². The summed E-state index contributed by atoms with van der Waals surface area (Å²) < 4.78 is 20.2. The SMILES string of the molecule is COCCn1c(B(O)O)cc2c(F)cccc21. The van der Waals surface area contributed by atoms with E-state index in [1.807, 2.05) is 0 Å². The summed E-state index contributed by atoms with van der Waals surface area (Å²) in [6.07, 6.45) is 0. The average Bonchev–Trinajstić information content (AvgIpc) is 2.67. The number of benzene rings is 1. The number of halogens is 1. The van der Waals surface area contributed by atoms with Gasteiger partial charge in [-0.3, -0.25) is 0 Å². The van der Waals surface area contributed by atoms with E-state index in [0.29, 0.717) is 24.1 Å². The Balaban J connectivity index is 2.59. The summed E-state index contributed by atoms with van der Waals surface area (Å²) in [5.41, 5.74) is 0.896. The molecule has 2 aromatic rings. The van der Waals surface area contributed by atoms with Crippen molar-refractivity contribution in [1.82, 2.24) is 4.57 Å². The van der Waals surface area contributed by atoms with E-state index >= 15 is 0 Å². The molecule has 0 aliphatic carbocycles. The number of nitrogens with zero attached hydrogens (tertiary/aromatic N) is 1. The first-order chi connectivity index (χ1) is 8.15. The monoisotopic (exact) mass is 237 g/mol. The van der Waals surface area contributed by atoms with E-state index in [9.17, 15) is 14.4 Å². The van der Waals surface area contributed by atoms with Gasteiger partial charge in [0, 0.05) is 24.6 Å². The molecule has 0 bridgehead atoms. The highest BCUT2D eigenvalue weighted by Gasteiger charge is 2.20. The Hall–Kier alpha value is -1.37. The number of fused-ring (bicyclic) bond motifs is 1. The summed E-state index contributed by atoms with van der Waals surface area (Å²) in [6, 6.07) is 6.12. The second-order valence-electron chi connectivity index (χ2n) is 3.76. The van der Waals surface area contributed by atoms with Gasteiger partial charge in [0.05, 0.1) is 12.1 Å². The Morgan fingerprint density at radius 2 is 2.18 bits per heavy atom. The van der Waals surface area contributed by atoms with Crippen LogP contribution in [0.4, 0.5) is 4.39 Å². The molecule has 6 heteroatoms. The molecule has 1 aromatic carbocycles. The van der Waals surface area contributed by atoms with Crippen molar-refractivity contribution < 1.29 is 19.2 Å². The summed E-state index contributed by atoms with van der Waals surface area (Å²) in [5.74, 6) is -0.374. The fourth-order valence-electron chi connectivity index (χ4n) is 1.91. The molecule has 0 aliphatic heterocycles. The number of ether oxygens (including phenoxy) is 1.